The first kappa shape index (κ1) is 21.4. The van der Waals surface area contributed by atoms with E-state index >= 15 is 0 Å². The lowest BCUT2D eigenvalue weighted by Crippen LogP contribution is -2.56. The van der Waals surface area contributed by atoms with Crippen molar-refractivity contribution >= 4 is 19.9 Å². The van der Waals surface area contributed by atoms with Gasteiger partial charge in [-0.05, 0) is 60.7 Å². The molecule has 0 aromatic heterocycles. The number of hydrogen-bond acceptors (Lipinski definition) is 6. The predicted molar refractivity (Wildman–Crippen MR) is 116 cm³/mol. The first-order valence-electron chi connectivity index (χ1n) is 9.52. The fraction of sp³-hybridized carbons (Fsp3) is 0.182. The minimum atomic E-state index is -3.78. The SMILES string of the molecule is COc1ccc(S(=O)(=O)C2CN(S(=O)(=O)c3ccc(Oc4ccccc4)cc3)C2)cc1. The van der Waals surface area contributed by atoms with Crippen LogP contribution in [0.5, 0.6) is 17.2 Å². The van der Waals surface area contributed by atoms with Crippen LogP contribution in [0.3, 0.4) is 0 Å². The Morgan fingerprint density at radius 2 is 1.23 bits per heavy atom. The molecule has 3 aromatic carbocycles. The zero-order valence-electron chi connectivity index (χ0n) is 16.7. The molecule has 9 heteroatoms. The fourth-order valence-electron chi connectivity index (χ4n) is 3.20. The molecule has 0 atom stereocenters. The molecule has 4 rings (SSSR count). The van der Waals surface area contributed by atoms with Crippen LogP contribution < -0.4 is 9.47 Å². The smallest absolute Gasteiger partial charge is 0.243 e. The topological polar surface area (TPSA) is 90.0 Å². The highest BCUT2D eigenvalue weighted by atomic mass is 32.2. The molecular formula is C22H21NO6S2. The largest absolute Gasteiger partial charge is 0.497 e. The Kier molecular flexibility index (Phi) is 5.74. The summed E-state index contributed by atoms with van der Waals surface area (Å²) in [4.78, 5) is 0.242. The van der Waals surface area contributed by atoms with Gasteiger partial charge in [-0.3, -0.25) is 0 Å². The zero-order chi connectivity index (χ0) is 22.1. The molecule has 3 aromatic rings. The lowest BCUT2D eigenvalue weighted by Gasteiger charge is -2.37. The molecule has 1 aliphatic rings. The summed E-state index contributed by atoms with van der Waals surface area (Å²) in [6, 6.07) is 21.3. The van der Waals surface area contributed by atoms with Gasteiger partial charge in [0.05, 0.1) is 22.2 Å². The summed E-state index contributed by atoms with van der Waals surface area (Å²) in [5.74, 6) is 1.71. The molecular weight excluding hydrogens is 438 g/mol. The standard InChI is InChI=1S/C22H21NO6S2/c1-28-17-7-11-20(12-8-17)30(24,25)22-15-23(16-22)31(26,27)21-13-9-19(10-14-21)29-18-5-3-2-4-6-18/h2-14,22H,15-16H2,1H3. The number of sulfone groups is 1. The number of hydrogen-bond donors (Lipinski definition) is 0. The molecule has 0 spiro atoms. The van der Waals surface area contributed by atoms with E-state index in [-0.39, 0.29) is 22.9 Å². The molecule has 0 saturated carbocycles. The van der Waals surface area contributed by atoms with Crippen LogP contribution in [-0.2, 0) is 19.9 Å². The van der Waals surface area contributed by atoms with Gasteiger partial charge >= 0.3 is 0 Å². The Labute approximate surface area is 181 Å². The Balaban J connectivity index is 1.43. The van der Waals surface area contributed by atoms with Crippen molar-refractivity contribution in [3.8, 4) is 17.2 Å². The maximum atomic E-state index is 12.9. The van der Waals surface area contributed by atoms with E-state index < -0.39 is 25.1 Å². The summed E-state index contributed by atoms with van der Waals surface area (Å²) in [5, 5.41) is -0.781. The summed E-state index contributed by atoms with van der Waals surface area (Å²) in [7, 11) is -5.91. The average Bonchev–Trinajstić information content (AvgIpc) is 2.73. The van der Waals surface area contributed by atoms with Gasteiger partial charge in [0.15, 0.2) is 9.84 Å². The summed E-state index contributed by atoms with van der Waals surface area (Å²) in [5.41, 5.74) is 0. The van der Waals surface area contributed by atoms with E-state index in [0.29, 0.717) is 17.2 Å². The number of methoxy groups -OCH3 is 1. The first-order valence-corrected chi connectivity index (χ1v) is 12.5. The fourth-order valence-corrected chi connectivity index (χ4v) is 6.58. The monoisotopic (exact) mass is 459 g/mol. The van der Waals surface area contributed by atoms with Gasteiger partial charge in [-0.15, -0.1) is 0 Å². The highest BCUT2D eigenvalue weighted by molar-refractivity contribution is 7.92. The minimum Gasteiger partial charge on any atom is -0.497 e. The van der Waals surface area contributed by atoms with Crippen LogP contribution in [0.25, 0.3) is 0 Å². The third kappa shape index (κ3) is 4.30. The van der Waals surface area contributed by atoms with Gasteiger partial charge in [-0.1, -0.05) is 18.2 Å². The number of para-hydroxylation sites is 1. The Morgan fingerprint density at radius 1 is 0.710 bits per heavy atom. The van der Waals surface area contributed by atoms with Crippen molar-refractivity contribution in [1.29, 1.82) is 0 Å². The predicted octanol–water partition coefficient (Wildman–Crippen LogP) is 3.33. The summed E-state index contributed by atoms with van der Waals surface area (Å²) >= 11 is 0. The van der Waals surface area contributed by atoms with Crippen LogP contribution >= 0.6 is 0 Å². The zero-order valence-corrected chi connectivity index (χ0v) is 18.3. The van der Waals surface area contributed by atoms with Crippen LogP contribution in [0.1, 0.15) is 0 Å². The van der Waals surface area contributed by atoms with Crippen LogP contribution in [0.2, 0.25) is 0 Å². The van der Waals surface area contributed by atoms with E-state index in [2.05, 4.69) is 0 Å². The molecule has 1 saturated heterocycles. The second-order valence-corrected chi connectivity index (χ2v) is 11.2. The van der Waals surface area contributed by atoms with Crippen molar-refractivity contribution < 1.29 is 26.3 Å². The lowest BCUT2D eigenvalue weighted by molar-refractivity contribution is 0.309. The minimum absolute atomic E-state index is 0.0844. The number of nitrogens with zero attached hydrogens (tertiary/aromatic N) is 1. The third-order valence-corrected chi connectivity index (χ3v) is 9.03. The lowest BCUT2D eigenvalue weighted by atomic mass is 10.3. The molecule has 0 N–H and O–H groups in total. The van der Waals surface area contributed by atoms with Gasteiger partial charge in [0, 0.05) is 13.1 Å². The van der Waals surface area contributed by atoms with Crippen molar-refractivity contribution in [1.82, 2.24) is 4.31 Å². The number of rotatable bonds is 7. The van der Waals surface area contributed by atoms with Crippen molar-refractivity contribution in [3.63, 3.8) is 0 Å². The van der Waals surface area contributed by atoms with E-state index in [9.17, 15) is 16.8 Å². The average molecular weight is 460 g/mol. The molecule has 31 heavy (non-hydrogen) atoms. The van der Waals surface area contributed by atoms with Gasteiger partial charge in [-0.2, -0.15) is 4.31 Å². The molecule has 0 bridgehead atoms. The first-order chi connectivity index (χ1) is 14.8. The van der Waals surface area contributed by atoms with Gasteiger partial charge in [0.2, 0.25) is 10.0 Å². The normalized spacial score (nSPS) is 15.3. The van der Waals surface area contributed by atoms with Gasteiger partial charge < -0.3 is 9.47 Å². The molecule has 0 unspecified atom stereocenters. The second-order valence-electron chi connectivity index (χ2n) is 7.05. The third-order valence-electron chi connectivity index (χ3n) is 5.08. The van der Waals surface area contributed by atoms with Crippen LogP contribution in [-0.4, -0.2) is 46.6 Å². The second kappa shape index (κ2) is 8.33. The molecule has 0 amide bonds. The molecule has 7 nitrogen and oxygen atoms in total. The van der Waals surface area contributed by atoms with Gasteiger partial charge in [0.1, 0.15) is 17.2 Å². The van der Waals surface area contributed by atoms with E-state index in [1.165, 1.54) is 35.7 Å². The molecule has 162 valence electrons. The van der Waals surface area contributed by atoms with Crippen LogP contribution in [0, 0.1) is 0 Å². The maximum Gasteiger partial charge on any atom is 0.243 e. The Morgan fingerprint density at radius 3 is 1.81 bits per heavy atom. The van der Waals surface area contributed by atoms with Gasteiger partial charge in [-0.25, -0.2) is 16.8 Å². The quantitative estimate of drug-likeness (QED) is 0.538. The molecule has 1 heterocycles. The van der Waals surface area contributed by atoms with E-state index in [4.69, 9.17) is 9.47 Å². The molecule has 0 aliphatic carbocycles. The van der Waals surface area contributed by atoms with E-state index in [1.54, 1.807) is 36.4 Å². The Hall–Kier alpha value is -2.88. The van der Waals surface area contributed by atoms with Crippen molar-refractivity contribution in [2.24, 2.45) is 0 Å². The van der Waals surface area contributed by atoms with Crippen molar-refractivity contribution in [2.45, 2.75) is 15.0 Å². The highest BCUT2D eigenvalue weighted by Crippen LogP contribution is 2.30. The van der Waals surface area contributed by atoms with Crippen molar-refractivity contribution in [3.05, 3.63) is 78.9 Å². The van der Waals surface area contributed by atoms with Crippen molar-refractivity contribution in [2.75, 3.05) is 20.2 Å². The molecule has 1 aliphatic heterocycles. The van der Waals surface area contributed by atoms with Crippen LogP contribution in [0.15, 0.2) is 88.7 Å². The van der Waals surface area contributed by atoms with Crippen LogP contribution in [0.4, 0.5) is 0 Å². The van der Waals surface area contributed by atoms with E-state index in [1.807, 2.05) is 18.2 Å². The summed E-state index contributed by atoms with van der Waals surface area (Å²) < 4.78 is 63.1. The molecule has 0 radical (unpaired) electrons. The summed E-state index contributed by atoms with van der Waals surface area (Å²) in [6.45, 7) is -0.169. The number of sulfonamides is 1. The van der Waals surface area contributed by atoms with Gasteiger partial charge in [0.25, 0.3) is 0 Å². The number of benzene rings is 3. The maximum absolute atomic E-state index is 12.9. The summed E-state index contributed by atoms with van der Waals surface area (Å²) in [6.07, 6.45) is 0. The molecule has 1 fully saturated rings. The Bertz CT molecular complexity index is 1250. The number of ether oxygens (including phenoxy) is 2. The highest BCUT2D eigenvalue weighted by Gasteiger charge is 2.44. The van der Waals surface area contributed by atoms with E-state index in [0.717, 1.165) is 0 Å².